The molecule has 0 heterocycles. The standard InChI is InChI=1S/C18H28/c1-15(2)9-6-5-7-10-16(3)13-18-12-8-11-17(4)14-18/h8,11-15H,5-7,9-10H2,1-4H3/b16-13-. The van der Waals surface area contributed by atoms with Gasteiger partial charge in [0.05, 0.1) is 0 Å². The molecule has 0 aliphatic rings. The van der Waals surface area contributed by atoms with E-state index in [1.54, 1.807) is 0 Å². The molecule has 0 radical (unpaired) electrons. The van der Waals surface area contributed by atoms with E-state index in [1.165, 1.54) is 48.8 Å². The van der Waals surface area contributed by atoms with Gasteiger partial charge in [-0.3, -0.25) is 0 Å². The van der Waals surface area contributed by atoms with E-state index in [4.69, 9.17) is 0 Å². The molecule has 100 valence electrons. The van der Waals surface area contributed by atoms with Crippen LogP contribution in [-0.4, -0.2) is 0 Å². The molecule has 1 aromatic carbocycles. The second-order valence-corrected chi connectivity index (χ2v) is 5.90. The van der Waals surface area contributed by atoms with Crippen LogP contribution in [0, 0.1) is 12.8 Å². The molecule has 0 heteroatoms. The number of allylic oxidation sites excluding steroid dienone is 1. The maximum Gasteiger partial charge on any atom is -0.0255 e. The lowest BCUT2D eigenvalue weighted by molar-refractivity contribution is 0.527. The molecule has 0 aliphatic carbocycles. The number of hydrogen-bond donors (Lipinski definition) is 0. The third-order valence-electron chi connectivity index (χ3n) is 3.31. The van der Waals surface area contributed by atoms with Crippen molar-refractivity contribution in [2.75, 3.05) is 0 Å². The fourth-order valence-corrected chi connectivity index (χ4v) is 2.25. The number of hydrogen-bond acceptors (Lipinski definition) is 0. The Balaban J connectivity index is 2.30. The SMILES string of the molecule is C/C(=C/c1cccc(C)c1)CCCCCC(C)C. The van der Waals surface area contributed by atoms with Gasteiger partial charge in [0.1, 0.15) is 0 Å². The smallest absolute Gasteiger partial charge is 0.0255 e. The van der Waals surface area contributed by atoms with Crippen molar-refractivity contribution < 1.29 is 0 Å². The predicted molar refractivity (Wildman–Crippen MR) is 82.8 cm³/mol. The van der Waals surface area contributed by atoms with Crippen molar-refractivity contribution in [3.05, 3.63) is 41.0 Å². The predicted octanol–water partition coefficient (Wildman–Crippen LogP) is 6.00. The fourth-order valence-electron chi connectivity index (χ4n) is 2.25. The van der Waals surface area contributed by atoms with Gasteiger partial charge in [0, 0.05) is 0 Å². The molecule has 0 aromatic heterocycles. The number of unbranched alkanes of at least 4 members (excludes halogenated alkanes) is 2. The molecule has 1 aromatic rings. The molecule has 0 nitrogen and oxygen atoms in total. The molecular weight excluding hydrogens is 216 g/mol. The van der Waals surface area contributed by atoms with Crippen LogP contribution in [0.15, 0.2) is 29.8 Å². The Hall–Kier alpha value is -1.04. The van der Waals surface area contributed by atoms with Crippen LogP contribution in [0.2, 0.25) is 0 Å². The van der Waals surface area contributed by atoms with E-state index in [9.17, 15) is 0 Å². The van der Waals surface area contributed by atoms with Gasteiger partial charge in [-0.15, -0.1) is 0 Å². The molecule has 0 N–H and O–H groups in total. The average Bonchev–Trinajstić information content (AvgIpc) is 2.28. The Morgan fingerprint density at radius 2 is 1.94 bits per heavy atom. The molecule has 18 heavy (non-hydrogen) atoms. The third-order valence-corrected chi connectivity index (χ3v) is 3.31. The van der Waals surface area contributed by atoms with Crippen LogP contribution >= 0.6 is 0 Å². The summed E-state index contributed by atoms with van der Waals surface area (Å²) in [6, 6.07) is 8.73. The first-order valence-electron chi connectivity index (χ1n) is 7.32. The summed E-state index contributed by atoms with van der Waals surface area (Å²) >= 11 is 0. The van der Waals surface area contributed by atoms with Gasteiger partial charge < -0.3 is 0 Å². The van der Waals surface area contributed by atoms with Crippen LogP contribution < -0.4 is 0 Å². The average molecular weight is 244 g/mol. The van der Waals surface area contributed by atoms with E-state index in [-0.39, 0.29) is 0 Å². The minimum atomic E-state index is 0.855. The lowest BCUT2D eigenvalue weighted by Crippen LogP contribution is -1.87. The maximum absolute atomic E-state index is 2.33. The summed E-state index contributed by atoms with van der Waals surface area (Å²) in [6.45, 7) is 9.02. The third kappa shape index (κ3) is 6.64. The summed E-state index contributed by atoms with van der Waals surface area (Å²) < 4.78 is 0. The van der Waals surface area contributed by atoms with Gasteiger partial charge in [-0.1, -0.05) is 74.6 Å². The lowest BCUT2D eigenvalue weighted by atomic mass is 10.0. The summed E-state index contributed by atoms with van der Waals surface area (Å²) in [5.41, 5.74) is 4.19. The van der Waals surface area contributed by atoms with E-state index < -0.39 is 0 Å². The van der Waals surface area contributed by atoms with Crippen LogP contribution in [-0.2, 0) is 0 Å². The highest BCUT2D eigenvalue weighted by molar-refractivity contribution is 5.53. The zero-order valence-corrected chi connectivity index (χ0v) is 12.5. The first kappa shape index (κ1) is 15.0. The first-order chi connectivity index (χ1) is 8.58. The van der Waals surface area contributed by atoms with Crippen molar-refractivity contribution >= 4 is 6.08 Å². The summed E-state index contributed by atoms with van der Waals surface area (Å²) in [5, 5.41) is 0. The maximum atomic E-state index is 2.33. The van der Waals surface area contributed by atoms with Crippen LogP contribution in [0.25, 0.3) is 6.08 Å². The fraction of sp³-hybridized carbons (Fsp3) is 0.556. The minimum Gasteiger partial charge on any atom is -0.0727 e. The van der Waals surface area contributed by atoms with Gasteiger partial charge in [-0.25, -0.2) is 0 Å². The van der Waals surface area contributed by atoms with Gasteiger partial charge >= 0.3 is 0 Å². The summed E-state index contributed by atoms with van der Waals surface area (Å²) in [6.07, 6.45) is 9.04. The highest BCUT2D eigenvalue weighted by Crippen LogP contribution is 2.15. The monoisotopic (exact) mass is 244 g/mol. The van der Waals surface area contributed by atoms with Crippen molar-refractivity contribution in [1.29, 1.82) is 0 Å². The van der Waals surface area contributed by atoms with Gasteiger partial charge in [-0.05, 0) is 38.2 Å². The normalized spacial score (nSPS) is 12.2. The quantitative estimate of drug-likeness (QED) is 0.516. The Bertz CT molecular complexity index is 371. The highest BCUT2D eigenvalue weighted by Gasteiger charge is 1.96. The van der Waals surface area contributed by atoms with Gasteiger partial charge in [-0.2, -0.15) is 0 Å². The van der Waals surface area contributed by atoms with Crippen molar-refractivity contribution in [1.82, 2.24) is 0 Å². The molecule has 0 saturated carbocycles. The van der Waals surface area contributed by atoms with E-state index in [0.29, 0.717) is 0 Å². The van der Waals surface area contributed by atoms with E-state index in [0.717, 1.165) is 5.92 Å². The van der Waals surface area contributed by atoms with Crippen molar-refractivity contribution in [2.45, 2.75) is 59.8 Å². The molecule has 0 atom stereocenters. The van der Waals surface area contributed by atoms with Crippen LogP contribution in [0.5, 0.6) is 0 Å². The second-order valence-electron chi connectivity index (χ2n) is 5.90. The number of rotatable bonds is 7. The van der Waals surface area contributed by atoms with Gasteiger partial charge in [0.15, 0.2) is 0 Å². The largest absolute Gasteiger partial charge is 0.0727 e. The van der Waals surface area contributed by atoms with Gasteiger partial charge in [0.25, 0.3) is 0 Å². The zero-order chi connectivity index (χ0) is 13.4. The molecule has 0 unspecified atom stereocenters. The number of benzene rings is 1. The zero-order valence-electron chi connectivity index (χ0n) is 12.5. The van der Waals surface area contributed by atoms with E-state index in [2.05, 4.69) is 58.0 Å². The van der Waals surface area contributed by atoms with E-state index >= 15 is 0 Å². The molecule has 0 fully saturated rings. The van der Waals surface area contributed by atoms with Crippen molar-refractivity contribution in [3.8, 4) is 0 Å². The Morgan fingerprint density at radius 3 is 2.61 bits per heavy atom. The van der Waals surface area contributed by atoms with Crippen molar-refractivity contribution in [2.24, 2.45) is 5.92 Å². The summed E-state index contributed by atoms with van der Waals surface area (Å²) in [4.78, 5) is 0. The summed E-state index contributed by atoms with van der Waals surface area (Å²) in [5.74, 6) is 0.855. The second kappa shape index (κ2) is 8.13. The minimum absolute atomic E-state index is 0.855. The molecular formula is C18H28. The molecule has 1 rings (SSSR count). The van der Waals surface area contributed by atoms with Crippen LogP contribution in [0.1, 0.15) is 64.0 Å². The molecule has 0 bridgehead atoms. The summed E-state index contributed by atoms with van der Waals surface area (Å²) in [7, 11) is 0. The van der Waals surface area contributed by atoms with Gasteiger partial charge in [0.2, 0.25) is 0 Å². The number of aryl methyl sites for hydroxylation is 1. The lowest BCUT2D eigenvalue weighted by Gasteiger charge is -2.05. The van der Waals surface area contributed by atoms with Crippen LogP contribution in [0.4, 0.5) is 0 Å². The first-order valence-corrected chi connectivity index (χ1v) is 7.32. The van der Waals surface area contributed by atoms with Crippen molar-refractivity contribution in [3.63, 3.8) is 0 Å². The van der Waals surface area contributed by atoms with Crippen LogP contribution in [0.3, 0.4) is 0 Å². The Labute approximate surface area is 113 Å². The molecule has 0 aliphatic heterocycles. The topological polar surface area (TPSA) is 0 Å². The van der Waals surface area contributed by atoms with E-state index in [1.807, 2.05) is 0 Å². The Kier molecular flexibility index (Phi) is 6.78. The Morgan fingerprint density at radius 1 is 1.17 bits per heavy atom. The molecule has 0 spiro atoms. The molecule has 0 amide bonds. The highest BCUT2D eigenvalue weighted by atomic mass is 14.0. The molecule has 0 saturated heterocycles.